The van der Waals surface area contributed by atoms with Gasteiger partial charge in [0, 0.05) is 6.42 Å². The third kappa shape index (κ3) is 2.16. The number of rotatable bonds is 4. The second-order valence-electron chi connectivity index (χ2n) is 3.53. The predicted molar refractivity (Wildman–Crippen MR) is 60.6 cm³/mol. The van der Waals surface area contributed by atoms with Gasteiger partial charge < -0.3 is 0 Å². The lowest BCUT2D eigenvalue weighted by Gasteiger charge is -1.97. The van der Waals surface area contributed by atoms with Crippen molar-refractivity contribution in [3.63, 3.8) is 0 Å². The van der Waals surface area contributed by atoms with Gasteiger partial charge in [-0.15, -0.1) is 5.10 Å². The lowest BCUT2D eigenvalue weighted by atomic mass is 10.2. The topological polar surface area (TPSA) is 47.8 Å². The van der Waals surface area contributed by atoms with Gasteiger partial charge in [0.05, 0.1) is 11.9 Å². The Bertz CT molecular complexity index is 476. The van der Waals surface area contributed by atoms with Gasteiger partial charge in [-0.2, -0.15) is 9.90 Å². The monoisotopic (exact) mass is 215 g/mol. The second kappa shape index (κ2) is 4.70. The SMILES string of the molecule is CCCC(=O)c1cnn(-c2ccccc2)n1. The van der Waals surface area contributed by atoms with Crippen LogP contribution in [0.1, 0.15) is 30.3 Å². The number of nitrogens with zero attached hydrogens (tertiary/aromatic N) is 3. The van der Waals surface area contributed by atoms with E-state index in [2.05, 4.69) is 10.2 Å². The molecular formula is C12H13N3O. The highest BCUT2D eigenvalue weighted by Gasteiger charge is 2.09. The van der Waals surface area contributed by atoms with Gasteiger partial charge in [0.2, 0.25) is 0 Å². The van der Waals surface area contributed by atoms with Crippen molar-refractivity contribution < 1.29 is 4.79 Å². The van der Waals surface area contributed by atoms with Crippen LogP contribution in [0.25, 0.3) is 5.69 Å². The van der Waals surface area contributed by atoms with E-state index in [0.29, 0.717) is 12.1 Å². The van der Waals surface area contributed by atoms with E-state index in [1.807, 2.05) is 37.3 Å². The minimum absolute atomic E-state index is 0.0460. The van der Waals surface area contributed by atoms with Crippen molar-refractivity contribution in [2.45, 2.75) is 19.8 Å². The summed E-state index contributed by atoms with van der Waals surface area (Å²) >= 11 is 0. The zero-order valence-electron chi connectivity index (χ0n) is 9.13. The standard InChI is InChI=1S/C12H13N3O/c1-2-6-12(16)11-9-13-15(14-11)10-7-4-3-5-8-10/h3-5,7-9H,2,6H2,1H3. The van der Waals surface area contributed by atoms with Crippen molar-refractivity contribution in [2.24, 2.45) is 0 Å². The molecule has 0 bridgehead atoms. The normalized spacial score (nSPS) is 10.3. The van der Waals surface area contributed by atoms with E-state index in [1.54, 1.807) is 0 Å². The van der Waals surface area contributed by atoms with Gasteiger partial charge in [-0.05, 0) is 18.6 Å². The molecule has 0 spiro atoms. The Hall–Kier alpha value is -1.97. The first kappa shape index (κ1) is 10.5. The number of aromatic nitrogens is 3. The summed E-state index contributed by atoms with van der Waals surface area (Å²) in [5.41, 5.74) is 1.30. The maximum atomic E-state index is 11.6. The molecule has 16 heavy (non-hydrogen) atoms. The molecule has 0 N–H and O–H groups in total. The van der Waals surface area contributed by atoms with Crippen LogP contribution in [0.4, 0.5) is 0 Å². The fourth-order valence-corrected chi connectivity index (χ4v) is 1.43. The van der Waals surface area contributed by atoms with E-state index in [-0.39, 0.29) is 5.78 Å². The number of hydrogen-bond donors (Lipinski definition) is 0. The Morgan fingerprint density at radius 2 is 2.06 bits per heavy atom. The number of carbonyl (C=O) groups is 1. The van der Waals surface area contributed by atoms with Gasteiger partial charge in [-0.1, -0.05) is 25.1 Å². The van der Waals surface area contributed by atoms with E-state index < -0.39 is 0 Å². The molecule has 0 saturated heterocycles. The maximum absolute atomic E-state index is 11.6. The molecule has 2 aromatic rings. The van der Waals surface area contributed by atoms with Crippen molar-refractivity contribution in [3.05, 3.63) is 42.2 Å². The van der Waals surface area contributed by atoms with Crippen LogP contribution in [0.15, 0.2) is 36.5 Å². The Morgan fingerprint density at radius 3 is 2.75 bits per heavy atom. The van der Waals surface area contributed by atoms with Crippen LogP contribution in [0.2, 0.25) is 0 Å². The summed E-state index contributed by atoms with van der Waals surface area (Å²) in [6.45, 7) is 1.97. The number of hydrogen-bond acceptors (Lipinski definition) is 3. The first-order chi connectivity index (χ1) is 7.81. The molecule has 82 valence electrons. The molecule has 4 nitrogen and oxygen atoms in total. The number of carbonyl (C=O) groups excluding carboxylic acids is 1. The van der Waals surface area contributed by atoms with Gasteiger partial charge in [0.15, 0.2) is 5.78 Å². The minimum atomic E-state index is 0.0460. The molecule has 0 aliphatic carbocycles. The number of Topliss-reactive ketones (excluding diaryl/α,β-unsaturated/α-hetero) is 1. The average Bonchev–Trinajstić information content (AvgIpc) is 2.80. The number of para-hydroxylation sites is 1. The summed E-state index contributed by atoms with van der Waals surface area (Å²) in [6.07, 6.45) is 2.87. The van der Waals surface area contributed by atoms with Crippen molar-refractivity contribution in [1.82, 2.24) is 15.0 Å². The lowest BCUT2D eigenvalue weighted by Crippen LogP contribution is -2.02. The summed E-state index contributed by atoms with van der Waals surface area (Å²) in [5.74, 6) is 0.0460. The third-order valence-electron chi connectivity index (χ3n) is 2.24. The summed E-state index contributed by atoms with van der Waals surface area (Å²) in [7, 11) is 0. The first-order valence-electron chi connectivity index (χ1n) is 5.32. The molecule has 2 rings (SSSR count). The molecular weight excluding hydrogens is 202 g/mol. The summed E-state index contributed by atoms with van der Waals surface area (Å²) < 4.78 is 0. The fourth-order valence-electron chi connectivity index (χ4n) is 1.43. The zero-order chi connectivity index (χ0) is 11.4. The predicted octanol–water partition coefficient (Wildman–Crippen LogP) is 2.25. The van der Waals surface area contributed by atoms with Crippen molar-refractivity contribution in [3.8, 4) is 5.69 Å². The van der Waals surface area contributed by atoms with E-state index in [9.17, 15) is 4.79 Å². The van der Waals surface area contributed by atoms with Crippen molar-refractivity contribution >= 4 is 5.78 Å². The number of benzene rings is 1. The lowest BCUT2D eigenvalue weighted by molar-refractivity contribution is 0.0976. The van der Waals surface area contributed by atoms with Crippen molar-refractivity contribution in [2.75, 3.05) is 0 Å². The highest BCUT2D eigenvalue weighted by atomic mass is 16.1. The minimum Gasteiger partial charge on any atom is -0.292 e. The smallest absolute Gasteiger partial charge is 0.184 e. The van der Waals surface area contributed by atoms with Gasteiger partial charge in [0.1, 0.15) is 5.69 Å². The molecule has 0 unspecified atom stereocenters. The molecule has 1 heterocycles. The van der Waals surface area contributed by atoms with Gasteiger partial charge in [-0.3, -0.25) is 4.79 Å². The molecule has 0 amide bonds. The van der Waals surface area contributed by atoms with Crippen LogP contribution in [-0.2, 0) is 0 Å². The van der Waals surface area contributed by atoms with Gasteiger partial charge in [0.25, 0.3) is 0 Å². The van der Waals surface area contributed by atoms with E-state index in [0.717, 1.165) is 12.1 Å². The van der Waals surface area contributed by atoms with Gasteiger partial charge >= 0.3 is 0 Å². The van der Waals surface area contributed by atoms with Crippen molar-refractivity contribution in [1.29, 1.82) is 0 Å². The molecule has 0 atom stereocenters. The molecule has 1 aromatic heterocycles. The van der Waals surface area contributed by atoms with Crippen LogP contribution in [-0.4, -0.2) is 20.8 Å². The highest BCUT2D eigenvalue weighted by Crippen LogP contribution is 2.06. The van der Waals surface area contributed by atoms with Crippen LogP contribution in [0.5, 0.6) is 0 Å². The van der Waals surface area contributed by atoms with Crippen LogP contribution >= 0.6 is 0 Å². The van der Waals surface area contributed by atoms with E-state index >= 15 is 0 Å². The Labute approximate surface area is 93.9 Å². The Balaban J connectivity index is 2.23. The maximum Gasteiger partial charge on any atom is 0.184 e. The third-order valence-corrected chi connectivity index (χ3v) is 2.24. The zero-order valence-corrected chi connectivity index (χ0v) is 9.13. The van der Waals surface area contributed by atoms with Crippen LogP contribution < -0.4 is 0 Å². The quantitative estimate of drug-likeness (QED) is 0.735. The molecule has 0 radical (unpaired) electrons. The van der Waals surface area contributed by atoms with Crippen LogP contribution in [0.3, 0.4) is 0 Å². The summed E-state index contributed by atoms with van der Waals surface area (Å²) in [6, 6.07) is 9.54. The molecule has 0 aliphatic rings. The fraction of sp³-hybridized carbons (Fsp3) is 0.250. The second-order valence-corrected chi connectivity index (χ2v) is 3.53. The average molecular weight is 215 g/mol. The highest BCUT2D eigenvalue weighted by molar-refractivity contribution is 5.93. The molecule has 4 heteroatoms. The summed E-state index contributed by atoms with van der Waals surface area (Å²) in [4.78, 5) is 13.0. The molecule has 1 aromatic carbocycles. The molecule has 0 saturated carbocycles. The first-order valence-corrected chi connectivity index (χ1v) is 5.32. The van der Waals surface area contributed by atoms with E-state index in [1.165, 1.54) is 11.0 Å². The summed E-state index contributed by atoms with van der Waals surface area (Å²) in [5, 5.41) is 8.23. The molecule has 0 aliphatic heterocycles. The van der Waals surface area contributed by atoms with Crippen LogP contribution in [0, 0.1) is 0 Å². The molecule has 0 fully saturated rings. The Kier molecular flexibility index (Phi) is 3.10. The largest absolute Gasteiger partial charge is 0.292 e. The number of ketones is 1. The van der Waals surface area contributed by atoms with E-state index in [4.69, 9.17) is 0 Å². The van der Waals surface area contributed by atoms with Gasteiger partial charge in [-0.25, -0.2) is 0 Å². The Morgan fingerprint density at radius 1 is 1.31 bits per heavy atom.